The monoisotopic (exact) mass is 355 g/mol. The molecular weight excluding hydrogens is 342 g/mol. The fourth-order valence-electron chi connectivity index (χ4n) is 2.68. The van der Waals surface area contributed by atoms with Crippen LogP contribution in [0.4, 0.5) is 5.82 Å². The van der Waals surface area contributed by atoms with Crippen molar-refractivity contribution in [1.29, 1.82) is 0 Å². The van der Waals surface area contributed by atoms with E-state index in [0.29, 0.717) is 10.6 Å². The molecule has 6 heteroatoms. The highest BCUT2D eigenvalue weighted by Gasteiger charge is 2.24. The summed E-state index contributed by atoms with van der Waals surface area (Å²) in [5.74, 6) is 2.33. The minimum absolute atomic E-state index is 0.134. The first-order valence-electron chi connectivity index (χ1n) is 7.53. The van der Waals surface area contributed by atoms with Gasteiger partial charge in [-0.3, -0.25) is 4.79 Å². The minimum Gasteiger partial charge on any atom is -0.306 e. The Morgan fingerprint density at radius 2 is 1.83 bits per heavy atom. The van der Waals surface area contributed by atoms with E-state index in [4.69, 9.17) is 11.6 Å². The highest BCUT2D eigenvalue weighted by atomic mass is 35.5. The Balaban J connectivity index is 1.74. The molecule has 4 nitrogen and oxygen atoms in total. The molecule has 0 bridgehead atoms. The van der Waals surface area contributed by atoms with Crippen molar-refractivity contribution in [3.05, 3.63) is 76.4 Å². The number of nitrogens with zero attached hydrogens (tertiary/aromatic N) is 2. The summed E-state index contributed by atoms with van der Waals surface area (Å²) in [6, 6.07) is 16.6. The first kappa shape index (κ1) is 15.3. The molecule has 1 N–H and O–H groups in total. The number of hydrogen-bond donors (Lipinski definition) is 1. The van der Waals surface area contributed by atoms with E-state index in [2.05, 4.69) is 10.4 Å². The molecule has 0 atom stereocenters. The van der Waals surface area contributed by atoms with E-state index in [0.717, 1.165) is 34.3 Å². The number of aromatic nitrogens is 2. The molecule has 0 saturated heterocycles. The van der Waals surface area contributed by atoms with Gasteiger partial charge in [-0.25, -0.2) is 4.68 Å². The van der Waals surface area contributed by atoms with Crippen LogP contribution in [0.2, 0.25) is 5.02 Å². The Labute approximate surface area is 148 Å². The maximum Gasteiger partial charge on any atom is 0.256 e. The van der Waals surface area contributed by atoms with E-state index in [9.17, 15) is 4.79 Å². The number of nitrogens with one attached hydrogen (secondary N) is 1. The molecule has 0 radical (unpaired) electrons. The normalized spacial score (nSPS) is 12.9. The molecule has 2 heterocycles. The largest absolute Gasteiger partial charge is 0.306 e. The van der Waals surface area contributed by atoms with Crippen molar-refractivity contribution in [3.8, 4) is 5.69 Å². The Morgan fingerprint density at radius 1 is 1.08 bits per heavy atom. The van der Waals surface area contributed by atoms with E-state index in [1.54, 1.807) is 28.6 Å². The number of benzene rings is 2. The van der Waals surface area contributed by atoms with E-state index in [-0.39, 0.29) is 5.91 Å². The Kier molecular flexibility index (Phi) is 4.04. The average Bonchev–Trinajstić information content (AvgIpc) is 3.19. The summed E-state index contributed by atoms with van der Waals surface area (Å²) in [4.78, 5) is 12.6. The van der Waals surface area contributed by atoms with Crippen LogP contribution in [0.1, 0.15) is 21.6 Å². The molecular formula is C18H14ClN3OS. The topological polar surface area (TPSA) is 46.9 Å². The molecule has 0 spiro atoms. The lowest BCUT2D eigenvalue weighted by Crippen LogP contribution is -2.16. The van der Waals surface area contributed by atoms with Gasteiger partial charge >= 0.3 is 0 Å². The van der Waals surface area contributed by atoms with E-state index < -0.39 is 0 Å². The first-order valence-corrected chi connectivity index (χ1v) is 9.06. The van der Waals surface area contributed by atoms with Crippen molar-refractivity contribution >= 4 is 35.1 Å². The van der Waals surface area contributed by atoms with E-state index in [1.807, 2.05) is 42.5 Å². The molecule has 1 aliphatic heterocycles. The van der Waals surface area contributed by atoms with Crippen LogP contribution in [-0.4, -0.2) is 15.7 Å². The molecule has 2 aromatic carbocycles. The number of amides is 1. The number of anilines is 1. The lowest BCUT2D eigenvalue weighted by atomic mass is 10.2. The summed E-state index contributed by atoms with van der Waals surface area (Å²) in [5, 5.41) is 8.38. The zero-order valence-electron chi connectivity index (χ0n) is 12.7. The number of halogens is 1. The summed E-state index contributed by atoms with van der Waals surface area (Å²) in [7, 11) is 0. The Hall–Kier alpha value is -2.24. The Morgan fingerprint density at radius 3 is 2.58 bits per heavy atom. The van der Waals surface area contributed by atoms with Crippen molar-refractivity contribution in [2.24, 2.45) is 0 Å². The average molecular weight is 356 g/mol. The third-order valence-electron chi connectivity index (χ3n) is 3.89. The summed E-state index contributed by atoms with van der Waals surface area (Å²) in [5.41, 5.74) is 3.63. The van der Waals surface area contributed by atoms with Gasteiger partial charge in [-0.1, -0.05) is 29.8 Å². The van der Waals surface area contributed by atoms with Gasteiger partial charge in [-0.15, -0.1) is 0 Å². The molecule has 3 aromatic rings. The van der Waals surface area contributed by atoms with E-state index >= 15 is 0 Å². The molecule has 24 heavy (non-hydrogen) atoms. The number of carbonyl (C=O) groups is 1. The van der Waals surface area contributed by atoms with Crippen LogP contribution < -0.4 is 5.32 Å². The van der Waals surface area contributed by atoms with Crippen molar-refractivity contribution < 1.29 is 4.79 Å². The molecule has 0 aliphatic carbocycles. The molecule has 0 unspecified atom stereocenters. The maximum atomic E-state index is 12.6. The number of carbonyl (C=O) groups excluding carboxylic acids is 1. The SMILES string of the molecule is O=C(Nc1c2c(nn1-c1ccc(Cl)cc1)CSC2)c1ccccc1. The van der Waals surface area contributed by atoms with Gasteiger partial charge in [0.05, 0.1) is 11.4 Å². The predicted octanol–water partition coefficient (Wildman–Crippen LogP) is 4.52. The molecule has 4 rings (SSSR count). The second kappa shape index (κ2) is 6.34. The zero-order chi connectivity index (χ0) is 16.5. The van der Waals surface area contributed by atoms with Crippen molar-refractivity contribution in [1.82, 2.24) is 9.78 Å². The molecule has 1 aromatic heterocycles. The number of hydrogen-bond acceptors (Lipinski definition) is 3. The third-order valence-corrected chi connectivity index (χ3v) is 5.11. The summed E-state index contributed by atoms with van der Waals surface area (Å²) in [6.45, 7) is 0. The molecule has 0 saturated carbocycles. The number of thioether (sulfide) groups is 1. The van der Waals surface area contributed by atoms with Crippen LogP contribution in [0.5, 0.6) is 0 Å². The van der Waals surface area contributed by atoms with Crippen LogP contribution in [0.25, 0.3) is 5.69 Å². The summed E-state index contributed by atoms with van der Waals surface area (Å²) < 4.78 is 1.79. The van der Waals surface area contributed by atoms with Gasteiger partial charge in [-0.05, 0) is 36.4 Å². The van der Waals surface area contributed by atoms with Crippen LogP contribution in [-0.2, 0) is 11.5 Å². The second-order valence-electron chi connectivity index (χ2n) is 5.48. The highest BCUT2D eigenvalue weighted by Crippen LogP contribution is 2.36. The van der Waals surface area contributed by atoms with Crippen molar-refractivity contribution in [3.63, 3.8) is 0 Å². The van der Waals surface area contributed by atoms with E-state index in [1.165, 1.54) is 0 Å². The lowest BCUT2D eigenvalue weighted by molar-refractivity contribution is 0.102. The molecule has 1 amide bonds. The summed E-state index contributed by atoms with van der Waals surface area (Å²) in [6.07, 6.45) is 0. The lowest BCUT2D eigenvalue weighted by Gasteiger charge is -2.11. The second-order valence-corrected chi connectivity index (χ2v) is 6.90. The van der Waals surface area contributed by atoms with Gasteiger partial charge in [-0.2, -0.15) is 16.9 Å². The number of rotatable bonds is 3. The fraction of sp³-hybridized carbons (Fsp3) is 0.111. The third kappa shape index (κ3) is 2.81. The highest BCUT2D eigenvalue weighted by molar-refractivity contribution is 7.98. The quantitative estimate of drug-likeness (QED) is 0.751. The molecule has 120 valence electrons. The van der Waals surface area contributed by atoms with Gasteiger partial charge in [0.1, 0.15) is 5.82 Å². The smallest absolute Gasteiger partial charge is 0.256 e. The molecule has 1 aliphatic rings. The minimum atomic E-state index is -0.134. The standard InChI is InChI=1S/C18H14ClN3OS/c19-13-6-8-14(9-7-13)22-17(15-10-24-11-16(15)21-22)20-18(23)12-4-2-1-3-5-12/h1-9H,10-11H2,(H,20,23). The van der Waals surface area contributed by atoms with Crippen molar-refractivity contribution in [2.45, 2.75) is 11.5 Å². The summed E-state index contributed by atoms with van der Waals surface area (Å²) >= 11 is 7.78. The van der Waals surface area contributed by atoms with Gasteiger partial charge in [0.2, 0.25) is 0 Å². The van der Waals surface area contributed by atoms with Crippen LogP contribution in [0, 0.1) is 0 Å². The van der Waals surface area contributed by atoms with Gasteiger partial charge < -0.3 is 5.32 Å². The number of fused-ring (bicyclic) bond motifs is 1. The van der Waals surface area contributed by atoms with Crippen molar-refractivity contribution in [2.75, 3.05) is 5.32 Å². The zero-order valence-corrected chi connectivity index (χ0v) is 14.3. The Bertz CT molecular complexity index is 891. The van der Waals surface area contributed by atoms with Crippen LogP contribution in [0.15, 0.2) is 54.6 Å². The van der Waals surface area contributed by atoms with Gasteiger partial charge in [0.25, 0.3) is 5.91 Å². The van der Waals surface area contributed by atoms with Gasteiger partial charge in [0, 0.05) is 27.7 Å². The first-order chi connectivity index (χ1) is 11.7. The van der Waals surface area contributed by atoms with Gasteiger partial charge in [0.15, 0.2) is 0 Å². The fourth-order valence-corrected chi connectivity index (χ4v) is 3.84. The molecule has 0 fully saturated rings. The van der Waals surface area contributed by atoms with Crippen LogP contribution in [0.3, 0.4) is 0 Å². The predicted molar refractivity (Wildman–Crippen MR) is 98.0 cm³/mol. The van der Waals surface area contributed by atoms with Crippen LogP contribution >= 0.6 is 23.4 Å². The maximum absolute atomic E-state index is 12.6.